The van der Waals surface area contributed by atoms with Crippen molar-refractivity contribution in [3.05, 3.63) is 60.5 Å². The predicted molar refractivity (Wildman–Crippen MR) is 136 cm³/mol. The highest BCUT2D eigenvalue weighted by Gasteiger charge is 2.43. The van der Waals surface area contributed by atoms with Crippen LogP contribution in [-0.4, -0.2) is 60.4 Å². The van der Waals surface area contributed by atoms with Gasteiger partial charge < -0.3 is 31.6 Å². The summed E-state index contributed by atoms with van der Waals surface area (Å²) in [4.78, 5) is 9.29. The van der Waals surface area contributed by atoms with Crippen LogP contribution in [0.15, 0.2) is 46.9 Å². The van der Waals surface area contributed by atoms with Gasteiger partial charge in [0.1, 0.15) is 5.52 Å². The number of rotatable bonds is 4. The van der Waals surface area contributed by atoms with Crippen LogP contribution in [0.25, 0.3) is 11.1 Å². The Morgan fingerprint density at radius 3 is 2.82 bits per heavy atom. The molecular weight excluding hydrogens is 424 g/mol. The highest BCUT2D eigenvalue weighted by atomic mass is 16.4. The SMILES string of the molecule is [CH2-]C1CN(CC(O)C2CCN(c3nc4ccccc4o3)CC2)CCC12CNc1cc(C)ccc12. The summed E-state index contributed by atoms with van der Waals surface area (Å²) in [5.74, 6) is 0.627. The summed E-state index contributed by atoms with van der Waals surface area (Å²) in [6.45, 7) is 12.2. The molecule has 2 saturated heterocycles. The van der Waals surface area contributed by atoms with Crippen molar-refractivity contribution in [3.8, 4) is 0 Å². The second kappa shape index (κ2) is 8.58. The third kappa shape index (κ3) is 3.77. The first kappa shape index (κ1) is 21.9. The molecule has 0 bridgehead atoms. The fourth-order valence-electron chi connectivity index (χ4n) is 6.36. The second-order valence-electron chi connectivity index (χ2n) is 10.6. The van der Waals surface area contributed by atoms with Gasteiger partial charge in [0.25, 0.3) is 6.01 Å². The minimum absolute atomic E-state index is 0.120. The van der Waals surface area contributed by atoms with Crippen LogP contribution >= 0.6 is 0 Å². The monoisotopic (exact) mass is 459 g/mol. The van der Waals surface area contributed by atoms with E-state index >= 15 is 0 Å². The molecule has 0 radical (unpaired) electrons. The van der Waals surface area contributed by atoms with E-state index in [-0.39, 0.29) is 11.5 Å². The van der Waals surface area contributed by atoms with Gasteiger partial charge in [0, 0.05) is 31.9 Å². The van der Waals surface area contributed by atoms with Crippen molar-refractivity contribution in [2.45, 2.75) is 37.7 Å². The molecule has 0 amide bonds. The van der Waals surface area contributed by atoms with Crippen LogP contribution in [0.5, 0.6) is 0 Å². The van der Waals surface area contributed by atoms with Gasteiger partial charge in [-0.05, 0) is 79.9 Å². The summed E-state index contributed by atoms with van der Waals surface area (Å²) in [5.41, 5.74) is 5.88. The number of aromatic nitrogens is 1. The van der Waals surface area contributed by atoms with E-state index in [1.807, 2.05) is 24.3 Å². The number of likely N-dealkylation sites (tertiary alicyclic amines) is 1. The van der Waals surface area contributed by atoms with E-state index in [1.54, 1.807) is 0 Å². The van der Waals surface area contributed by atoms with Crippen LogP contribution in [0, 0.1) is 25.7 Å². The number of hydrogen-bond acceptors (Lipinski definition) is 6. The van der Waals surface area contributed by atoms with E-state index in [2.05, 4.69) is 52.1 Å². The molecule has 1 spiro atoms. The normalized spacial score (nSPS) is 26.7. The minimum atomic E-state index is -0.302. The van der Waals surface area contributed by atoms with Crippen molar-refractivity contribution in [1.29, 1.82) is 0 Å². The molecule has 3 atom stereocenters. The molecule has 6 rings (SSSR count). The van der Waals surface area contributed by atoms with Gasteiger partial charge in [-0.2, -0.15) is 4.98 Å². The molecule has 1 aromatic heterocycles. The molecule has 3 unspecified atom stereocenters. The van der Waals surface area contributed by atoms with E-state index in [0.717, 1.165) is 69.6 Å². The Kier molecular flexibility index (Phi) is 5.53. The molecule has 0 aliphatic carbocycles. The average Bonchev–Trinajstić information content (AvgIpc) is 3.44. The van der Waals surface area contributed by atoms with Crippen molar-refractivity contribution in [3.63, 3.8) is 0 Å². The third-order valence-electron chi connectivity index (χ3n) is 8.52. The summed E-state index contributed by atoms with van der Waals surface area (Å²) >= 11 is 0. The van der Waals surface area contributed by atoms with Gasteiger partial charge >= 0.3 is 0 Å². The third-order valence-corrected chi connectivity index (χ3v) is 8.52. The first-order chi connectivity index (χ1) is 16.5. The number of aryl methyl sites for hydroxylation is 1. The lowest BCUT2D eigenvalue weighted by atomic mass is 9.67. The molecule has 34 heavy (non-hydrogen) atoms. The topological polar surface area (TPSA) is 64.8 Å². The number of fused-ring (bicyclic) bond motifs is 3. The van der Waals surface area contributed by atoms with Crippen LogP contribution in [0.3, 0.4) is 0 Å². The lowest BCUT2D eigenvalue weighted by Crippen LogP contribution is -2.52. The molecule has 180 valence electrons. The van der Waals surface area contributed by atoms with Crippen molar-refractivity contribution in [2.75, 3.05) is 49.5 Å². The van der Waals surface area contributed by atoms with Gasteiger partial charge in [-0.1, -0.05) is 24.3 Å². The van der Waals surface area contributed by atoms with E-state index in [1.165, 1.54) is 16.8 Å². The first-order valence-corrected chi connectivity index (χ1v) is 12.7. The Morgan fingerprint density at radius 2 is 2.03 bits per heavy atom. The number of oxazole rings is 1. The lowest BCUT2D eigenvalue weighted by Gasteiger charge is -2.49. The number of nitrogens with one attached hydrogen (secondary N) is 1. The molecule has 0 saturated carbocycles. The zero-order valence-corrected chi connectivity index (χ0v) is 20.0. The number of para-hydroxylation sites is 2. The number of hydrogen-bond donors (Lipinski definition) is 2. The Bertz CT molecular complexity index is 1140. The maximum Gasteiger partial charge on any atom is 0.298 e. The van der Waals surface area contributed by atoms with E-state index in [0.29, 0.717) is 17.9 Å². The van der Waals surface area contributed by atoms with Gasteiger partial charge in [0.2, 0.25) is 0 Å². The van der Waals surface area contributed by atoms with E-state index < -0.39 is 0 Å². The molecular formula is C28H35N4O2-. The molecule has 6 heteroatoms. The van der Waals surface area contributed by atoms with Gasteiger partial charge in [-0.15, -0.1) is 5.92 Å². The highest BCUT2D eigenvalue weighted by molar-refractivity contribution is 5.74. The summed E-state index contributed by atoms with van der Waals surface area (Å²) in [7, 11) is 0. The summed E-state index contributed by atoms with van der Waals surface area (Å²) < 4.78 is 5.95. The maximum atomic E-state index is 11.1. The number of piperidine rings is 2. The quantitative estimate of drug-likeness (QED) is 0.569. The van der Waals surface area contributed by atoms with Crippen molar-refractivity contribution >= 4 is 22.8 Å². The van der Waals surface area contributed by atoms with Gasteiger partial charge in [0.15, 0.2) is 5.58 Å². The summed E-state index contributed by atoms with van der Waals surface area (Å²) in [5, 5.41) is 14.7. The summed E-state index contributed by atoms with van der Waals surface area (Å²) in [6, 6.07) is 15.4. The minimum Gasteiger partial charge on any atom is -0.423 e. The zero-order valence-electron chi connectivity index (χ0n) is 20.0. The van der Waals surface area contributed by atoms with Crippen molar-refractivity contribution < 1.29 is 9.52 Å². The standard InChI is InChI=1S/C28H35N4O2/c1-19-7-8-22-24(15-19)29-18-28(22)11-14-31(16-20(28)2)17-25(33)21-9-12-32(13-10-21)27-30-23-5-3-4-6-26(23)34-27/h3-8,15,20-21,25,29,33H,2,9-14,16-18H2,1H3/q-1. The van der Waals surface area contributed by atoms with Crippen LogP contribution in [0.1, 0.15) is 30.4 Å². The maximum absolute atomic E-state index is 11.1. The molecule has 6 nitrogen and oxygen atoms in total. The van der Waals surface area contributed by atoms with E-state index in [9.17, 15) is 5.11 Å². The Morgan fingerprint density at radius 1 is 1.21 bits per heavy atom. The van der Waals surface area contributed by atoms with Crippen LogP contribution < -0.4 is 10.2 Å². The van der Waals surface area contributed by atoms with Gasteiger partial charge in [-0.25, -0.2) is 0 Å². The fraction of sp³-hybridized carbons (Fsp3) is 0.500. The Hall–Kier alpha value is -2.57. The average molecular weight is 460 g/mol. The second-order valence-corrected chi connectivity index (χ2v) is 10.6. The number of benzene rings is 2. The number of nitrogens with zero attached hydrogens (tertiary/aromatic N) is 3. The van der Waals surface area contributed by atoms with Crippen LogP contribution in [0.4, 0.5) is 11.7 Å². The fourth-order valence-corrected chi connectivity index (χ4v) is 6.36. The number of aliphatic hydroxyl groups is 1. The van der Waals surface area contributed by atoms with Crippen LogP contribution in [0.2, 0.25) is 0 Å². The lowest BCUT2D eigenvalue weighted by molar-refractivity contribution is 0.0282. The molecule has 3 aliphatic heterocycles. The zero-order chi connectivity index (χ0) is 23.3. The van der Waals surface area contributed by atoms with E-state index in [4.69, 9.17) is 4.42 Å². The highest BCUT2D eigenvalue weighted by Crippen LogP contribution is 2.47. The van der Waals surface area contributed by atoms with Crippen LogP contribution in [-0.2, 0) is 5.41 Å². The summed E-state index contributed by atoms with van der Waals surface area (Å²) in [6.07, 6.45) is 2.71. The first-order valence-electron chi connectivity index (χ1n) is 12.7. The number of β-amino-alcohol motifs (C(OH)–C–C–N with tert-alkyl or cyclic N) is 1. The predicted octanol–water partition coefficient (Wildman–Crippen LogP) is 4.23. The molecule has 2 N–H and O–H groups in total. The molecule has 4 heterocycles. The number of anilines is 2. The van der Waals surface area contributed by atoms with Crippen molar-refractivity contribution in [1.82, 2.24) is 9.88 Å². The van der Waals surface area contributed by atoms with Crippen molar-refractivity contribution in [2.24, 2.45) is 11.8 Å². The van der Waals surface area contributed by atoms with Gasteiger partial charge in [-0.3, -0.25) is 0 Å². The van der Waals surface area contributed by atoms with Gasteiger partial charge in [0.05, 0.1) is 6.10 Å². The molecule has 3 aliphatic rings. The molecule has 2 aromatic carbocycles. The Labute approximate surface area is 202 Å². The smallest absolute Gasteiger partial charge is 0.298 e. The largest absolute Gasteiger partial charge is 0.423 e. The molecule has 3 aromatic rings. The number of aliphatic hydroxyl groups excluding tert-OH is 1. The molecule has 2 fully saturated rings. The Balaban J connectivity index is 1.04.